The van der Waals surface area contributed by atoms with Crippen LogP contribution in [0.1, 0.15) is 23.9 Å². The van der Waals surface area contributed by atoms with Gasteiger partial charge in [0.2, 0.25) is 0 Å². The number of rotatable bonds is 5. The summed E-state index contributed by atoms with van der Waals surface area (Å²) in [5.41, 5.74) is 3.44. The average Bonchev–Trinajstić information content (AvgIpc) is 3.19. The van der Waals surface area contributed by atoms with Gasteiger partial charge in [0, 0.05) is 24.9 Å². The van der Waals surface area contributed by atoms with E-state index in [9.17, 15) is 4.39 Å². The van der Waals surface area contributed by atoms with Gasteiger partial charge < -0.3 is 4.74 Å². The van der Waals surface area contributed by atoms with Crippen molar-refractivity contribution in [3.63, 3.8) is 0 Å². The summed E-state index contributed by atoms with van der Waals surface area (Å²) >= 11 is 0. The van der Waals surface area contributed by atoms with Crippen molar-refractivity contribution in [1.82, 2.24) is 24.4 Å². The van der Waals surface area contributed by atoms with Crippen molar-refractivity contribution in [2.45, 2.75) is 13.3 Å². The van der Waals surface area contributed by atoms with Crippen LogP contribution in [-0.2, 0) is 18.2 Å². The van der Waals surface area contributed by atoms with E-state index in [1.165, 1.54) is 6.07 Å². The molecule has 0 fully saturated rings. The Kier molecular flexibility index (Phi) is 3.91. The van der Waals surface area contributed by atoms with Crippen molar-refractivity contribution >= 4 is 22.3 Å². The van der Waals surface area contributed by atoms with Crippen molar-refractivity contribution in [1.29, 1.82) is 0 Å². The molecule has 1 aromatic carbocycles. The summed E-state index contributed by atoms with van der Waals surface area (Å²) in [4.78, 5) is 4.35. The van der Waals surface area contributed by atoms with Crippen LogP contribution in [0.2, 0.25) is 0 Å². The normalized spacial score (nSPS) is 11.3. The Morgan fingerprint density at radius 1 is 1.27 bits per heavy atom. The van der Waals surface area contributed by atoms with Crippen LogP contribution in [0.3, 0.4) is 0 Å². The molecule has 4 aromatic rings. The predicted molar refractivity (Wildman–Crippen MR) is 97.1 cm³/mol. The molecule has 0 unspecified atom stereocenters. The maximum absolute atomic E-state index is 14.6. The zero-order valence-electron chi connectivity index (χ0n) is 14.6. The van der Waals surface area contributed by atoms with Gasteiger partial charge in [-0.1, -0.05) is 6.58 Å². The minimum absolute atomic E-state index is 0.272. The average molecular weight is 351 g/mol. The molecule has 0 aliphatic heterocycles. The first kappa shape index (κ1) is 16.3. The van der Waals surface area contributed by atoms with Crippen LogP contribution in [0.15, 0.2) is 43.2 Å². The van der Waals surface area contributed by atoms with Crippen LogP contribution in [0.5, 0.6) is 0 Å². The number of fused-ring (bicyclic) bond motifs is 2. The van der Waals surface area contributed by atoms with Gasteiger partial charge in [-0.05, 0) is 30.7 Å². The zero-order chi connectivity index (χ0) is 18.3. The fourth-order valence-electron chi connectivity index (χ4n) is 2.99. The highest BCUT2D eigenvalue weighted by Gasteiger charge is 2.13. The summed E-state index contributed by atoms with van der Waals surface area (Å²) in [6.45, 7) is 6.29. The van der Waals surface area contributed by atoms with E-state index in [1.807, 2.05) is 25.1 Å². The number of hydrogen-bond donors (Lipinski definition) is 0. The first-order valence-corrected chi connectivity index (χ1v) is 8.32. The van der Waals surface area contributed by atoms with E-state index in [0.29, 0.717) is 35.7 Å². The Labute approximate surface area is 149 Å². The maximum Gasteiger partial charge on any atom is 0.153 e. The highest BCUT2D eigenvalue weighted by molar-refractivity contribution is 5.79. The van der Waals surface area contributed by atoms with Crippen LogP contribution in [0, 0.1) is 5.82 Å². The second-order valence-corrected chi connectivity index (χ2v) is 6.04. The molecule has 0 saturated carbocycles. The zero-order valence-corrected chi connectivity index (χ0v) is 14.6. The molecule has 0 spiro atoms. The molecule has 0 amide bonds. The third kappa shape index (κ3) is 2.71. The molecule has 0 N–H and O–H groups in total. The molecule has 0 aliphatic carbocycles. The third-order valence-corrected chi connectivity index (χ3v) is 4.32. The summed E-state index contributed by atoms with van der Waals surface area (Å²) in [6, 6.07) is 6.99. The second-order valence-electron chi connectivity index (χ2n) is 6.04. The van der Waals surface area contributed by atoms with E-state index in [1.54, 1.807) is 28.6 Å². The molecule has 0 radical (unpaired) electrons. The molecular formula is C19H18FN5O. The van der Waals surface area contributed by atoms with Crippen LogP contribution in [0.4, 0.5) is 4.39 Å². The fourth-order valence-corrected chi connectivity index (χ4v) is 2.99. The van der Waals surface area contributed by atoms with E-state index >= 15 is 0 Å². The number of imidazole rings is 1. The lowest BCUT2D eigenvalue weighted by Crippen LogP contribution is -2.04. The Hall–Kier alpha value is -3.22. The van der Waals surface area contributed by atoms with Gasteiger partial charge in [-0.25, -0.2) is 13.9 Å². The molecule has 3 aromatic heterocycles. The lowest BCUT2D eigenvalue weighted by Gasteiger charge is -2.08. The largest absolute Gasteiger partial charge is 0.492 e. The van der Waals surface area contributed by atoms with Crippen molar-refractivity contribution < 1.29 is 9.13 Å². The van der Waals surface area contributed by atoms with E-state index < -0.39 is 0 Å². The van der Waals surface area contributed by atoms with Gasteiger partial charge in [-0.15, -0.1) is 0 Å². The molecule has 0 saturated heterocycles. The van der Waals surface area contributed by atoms with E-state index in [0.717, 1.165) is 16.6 Å². The molecule has 7 heteroatoms. The molecular weight excluding hydrogens is 333 g/mol. The molecule has 6 nitrogen and oxygen atoms in total. The standard InChI is InChI=1S/C19H18FN5O/c1-4-26-12(2)17-5-6-19-21-11-15(25(19)23-17)8-13-7-14-10-22-24(3)18(14)9-16(13)20/h5-7,9-11H,2,4,8H2,1,3H3. The fraction of sp³-hybridized carbons (Fsp3) is 0.211. The van der Waals surface area contributed by atoms with Crippen molar-refractivity contribution in [2.24, 2.45) is 7.05 Å². The molecule has 26 heavy (non-hydrogen) atoms. The van der Waals surface area contributed by atoms with Crippen LogP contribution < -0.4 is 0 Å². The van der Waals surface area contributed by atoms with Crippen LogP contribution in [-0.4, -0.2) is 31.0 Å². The van der Waals surface area contributed by atoms with Gasteiger partial charge in [0.05, 0.1) is 30.2 Å². The number of aromatic nitrogens is 5. The minimum Gasteiger partial charge on any atom is -0.492 e. The molecule has 0 bridgehead atoms. The Bertz CT molecular complexity index is 1130. The molecule has 3 heterocycles. The summed E-state index contributed by atoms with van der Waals surface area (Å²) < 4.78 is 23.3. The lowest BCUT2D eigenvalue weighted by molar-refractivity contribution is 0.297. The van der Waals surface area contributed by atoms with Gasteiger partial charge in [0.15, 0.2) is 5.65 Å². The topological polar surface area (TPSA) is 57.2 Å². The third-order valence-electron chi connectivity index (χ3n) is 4.32. The summed E-state index contributed by atoms with van der Waals surface area (Å²) in [7, 11) is 1.79. The second kappa shape index (κ2) is 6.25. The van der Waals surface area contributed by atoms with Gasteiger partial charge in [-0.2, -0.15) is 10.2 Å². The van der Waals surface area contributed by atoms with Crippen molar-refractivity contribution in [3.8, 4) is 0 Å². The van der Waals surface area contributed by atoms with Crippen LogP contribution >= 0.6 is 0 Å². The number of halogens is 1. The summed E-state index contributed by atoms with van der Waals surface area (Å²) in [5.74, 6) is 0.225. The molecule has 0 atom stereocenters. The SMILES string of the molecule is C=C(OCC)c1ccc2ncc(Cc3cc4cnn(C)c4cc3F)n2n1. The van der Waals surface area contributed by atoms with Gasteiger partial charge in [0.25, 0.3) is 0 Å². The van der Waals surface area contributed by atoms with Crippen molar-refractivity contribution in [3.05, 3.63) is 66.0 Å². The highest BCUT2D eigenvalue weighted by Crippen LogP contribution is 2.22. The molecule has 132 valence electrons. The highest BCUT2D eigenvalue weighted by atomic mass is 19.1. The maximum atomic E-state index is 14.6. The smallest absolute Gasteiger partial charge is 0.153 e. The monoisotopic (exact) mass is 351 g/mol. The van der Waals surface area contributed by atoms with Gasteiger partial charge in [0.1, 0.15) is 17.3 Å². The number of hydrogen-bond acceptors (Lipinski definition) is 4. The predicted octanol–water partition coefficient (Wildman–Crippen LogP) is 3.35. The summed E-state index contributed by atoms with van der Waals surface area (Å²) in [5, 5.41) is 9.61. The van der Waals surface area contributed by atoms with Crippen LogP contribution in [0.25, 0.3) is 22.3 Å². The van der Waals surface area contributed by atoms with E-state index in [4.69, 9.17) is 4.74 Å². The Morgan fingerprint density at radius 2 is 2.12 bits per heavy atom. The van der Waals surface area contributed by atoms with Gasteiger partial charge in [-0.3, -0.25) is 4.68 Å². The number of benzene rings is 1. The Balaban J connectivity index is 1.74. The number of ether oxygens (including phenoxy) is 1. The first-order chi connectivity index (χ1) is 12.6. The first-order valence-electron chi connectivity index (χ1n) is 8.32. The lowest BCUT2D eigenvalue weighted by atomic mass is 10.1. The Morgan fingerprint density at radius 3 is 2.92 bits per heavy atom. The van der Waals surface area contributed by atoms with Gasteiger partial charge >= 0.3 is 0 Å². The molecule has 0 aliphatic rings. The van der Waals surface area contributed by atoms with E-state index in [-0.39, 0.29) is 5.82 Å². The quantitative estimate of drug-likeness (QED) is 0.518. The van der Waals surface area contributed by atoms with Crippen molar-refractivity contribution in [2.75, 3.05) is 6.61 Å². The number of nitrogens with zero attached hydrogens (tertiary/aromatic N) is 5. The minimum atomic E-state index is -0.272. The number of aryl methyl sites for hydroxylation is 1. The van der Waals surface area contributed by atoms with E-state index in [2.05, 4.69) is 21.8 Å². The molecule has 4 rings (SSSR count). The summed E-state index contributed by atoms with van der Waals surface area (Å²) in [6.07, 6.45) is 3.81.